The average Bonchev–Trinajstić information content (AvgIpc) is 2.37. The molecule has 20 heavy (non-hydrogen) atoms. The summed E-state index contributed by atoms with van der Waals surface area (Å²) in [5.41, 5.74) is 0.761. The fraction of sp³-hybridized carbons (Fsp3) is 0.647. The van der Waals surface area contributed by atoms with Crippen LogP contribution >= 0.6 is 0 Å². The fourth-order valence-corrected chi connectivity index (χ4v) is 3.23. The number of benzene rings is 1. The Hall–Kier alpha value is -0.930. The molecule has 0 radical (unpaired) electrons. The van der Waals surface area contributed by atoms with Gasteiger partial charge in [0.1, 0.15) is 5.82 Å². The van der Waals surface area contributed by atoms with Crippen molar-refractivity contribution in [1.82, 2.24) is 4.90 Å². The SMILES string of the molecule is CC(CN1CCCC(C)(C)C1)C(O)c1ccccc1F. The van der Waals surface area contributed by atoms with Gasteiger partial charge in [0.2, 0.25) is 0 Å². The van der Waals surface area contributed by atoms with Crippen LogP contribution in [0.1, 0.15) is 45.3 Å². The van der Waals surface area contributed by atoms with E-state index in [1.54, 1.807) is 18.2 Å². The monoisotopic (exact) mass is 279 g/mol. The number of aliphatic hydroxyl groups is 1. The van der Waals surface area contributed by atoms with Crippen LogP contribution in [-0.4, -0.2) is 29.6 Å². The molecule has 1 N–H and O–H groups in total. The molecular weight excluding hydrogens is 253 g/mol. The van der Waals surface area contributed by atoms with E-state index in [4.69, 9.17) is 0 Å². The molecule has 0 amide bonds. The van der Waals surface area contributed by atoms with E-state index in [0.717, 1.165) is 19.6 Å². The Morgan fingerprint density at radius 1 is 1.35 bits per heavy atom. The Bertz CT molecular complexity index is 446. The van der Waals surface area contributed by atoms with E-state index < -0.39 is 6.10 Å². The van der Waals surface area contributed by atoms with Gasteiger partial charge in [0, 0.05) is 18.7 Å². The summed E-state index contributed by atoms with van der Waals surface area (Å²) in [6.07, 6.45) is 1.73. The van der Waals surface area contributed by atoms with Crippen molar-refractivity contribution in [3.05, 3.63) is 35.6 Å². The zero-order valence-electron chi connectivity index (χ0n) is 12.8. The summed E-state index contributed by atoms with van der Waals surface area (Å²) in [7, 11) is 0. The van der Waals surface area contributed by atoms with Crippen molar-refractivity contribution in [2.75, 3.05) is 19.6 Å². The van der Waals surface area contributed by atoms with Crippen LogP contribution in [0.4, 0.5) is 4.39 Å². The number of piperidine rings is 1. The average molecular weight is 279 g/mol. The molecular formula is C17H26FNO. The lowest BCUT2D eigenvalue weighted by Crippen LogP contribution is -2.42. The first kappa shape index (κ1) is 15.5. The van der Waals surface area contributed by atoms with Crippen molar-refractivity contribution in [1.29, 1.82) is 0 Å². The number of hydrogen-bond acceptors (Lipinski definition) is 2. The second kappa shape index (κ2) is 6.23. The van der Waals surface area contributed by atoms with Gasteiger partial charge >= 0.3 is 0 Å². The van der Waals surface area contributed by atoms with Gasteiger partial charge in [-0.2, -0.15) is 0 Å². The zero-order chi connectivity index (χ0) is 14.8. The minimum absolute atomic E-state index is 0.0285. The molecule has 2 unspecified atom stereocenters. The summed E-state index contributed by atoms with van der Waals surface area (Å²) in [6.45, 7) is 9.53. The molecule has 1 aliphatic rings. The summed E-state index contributed by atoms with van der Waals surface area (Å²) in [6, 6.07) is 6.52. The third-order valence-electron chi connectivity index (χ3n) is 4.29. The predicted molar refractivity (Wildman–Crippen MR) is 80.0 cm³/mol. The molecule has 1 saturated heterocycles. The van der Waals surface area contributed by atoms with Crippen LogP contribution < -0.4 is 0 Å². The maximum atomic E-state index is 13.7. The fourth-order valence-electron chi connectivity index (χ4n) is 3.23. The number of likely N-dealkylation sites (tertiary alicyclic amines) is 1. The summed E-state index contributed by atoms with van der Waals surface area (Å²) in [4.78, 5) is 2.40. The van der Waals surface area contributed by atoms with E-state index in [2.05, 4.69) is 18.7 Å². The van der Waals surface area contributed by atoms with Crippen molar-refractivity contribution >= 4 is 0 Å². The molecule has 0 aromatic heterocycles. The molecule has 0 bridgehead atoms. The number of rotatable bonds is 4. The first-order chi connectivity index (χ1) is 9.39. The van der Waals surface area contributed by atoms with Gasteiger partial charge in [-0.3, -0.25) is 0 Å². The van der Waals surface area contributed by atoms with Gasteiger partial charge in [0.25, 0.3) is 0 Å². The molecule has 3 heteroatoms. The third kappa shape index (κ3) is 3.80. The number of aliphatic hydroxyl groups excluding tert-OH is 1. The lowest BCUT2D eigenvalue weighted by atomic mass is 9.83. The van der Waals surface area contributed by atoms with Crippen molar-refractivity contribution in [3.8, 4) is 0 Å². The van der Waals surface area contributed by atoms with Gasteiger partial charge in [-0.25, -0.2) is 4.39 Å². The topological polar surface area (TPSA) is 23.5 Å². The quantitative estimate of drug-likeness (QED) is 0.910. The Morgan fingerprint density at radius 3 is 2.70 bits per heavy atom. The Balaban J connectivity index is 1.98. The van der Waals surface area contributed by atoms with E-state index in [0.29, 0.717) is 11.0 Å². The summed E-state index contributed by atoms with van der Waals surface area (Å²) >= 11 is 0. The third-order valence-corrected chi connectivity index (χ3v) is 4.29. The number of nitrogens with zero attached hydrogens (tertiary/aromatic N) is 1. The van der Waals surface area contributed by atoms with E-state index in [1.807, 2.05) is 6.92 Å². The van der Waals surface area contributed by atoms with Crippen LogP contribution in [0.2, 0.25) is 0 Å². The van der Waals surface area contributed by atoms with Gasteiger partial charge in [-0.15, -0.1) is 0 Å². The number of hydrogen-bond donors (Lipinski definition) is 1. The maximum Gasteiger partial charge on any atom is 0.129 e. The van der Waals surface area contributed by atoms with Crippen molar-refractivity contribution in [2.45, 2.75) is 39.7 Å². The molecule has 1 heterocycles. The minimum Gasteiger partial charge on any atom is -0.388 e. The van der Waals surface area contributed by atoms with Crippen molar-refractivity contribution in [2.24, 2.45) is 11.3 Å². The molecule has 1 aromatic carbocycles. The molecule has 2 atom stereocenters. The van der Waals surface area contributed by atoms with Crippen LogP contribution in [0, 0.1) is 17.2 Å². The molecule has 1 aromatic rings. The molecule has 112 valence electrons. The number of halogens is 1. The van der Waals surface area contributed by atoms with E-state index in [1.165, 1.54) is 18.9 Å². The van der Waals surface area contributed by atoms with E-state index in [9.17, 15) is 9.50 Å². The van der Waals surface area contributed by atoms with Crippen LogP contribution in [0.25, 0.3) is 0 Å². The van der Waals surface area contributed by atoms with Crippen molar-refractivity contribution in [3.63, 3.8) is 0 Å². The predicted octanol–water partition coefficient (Wildman–Crippen LogP) is 3.62. The summed E-state index contributed by atoms with van der Waals surface area (Å²) < 4.78 is 13.7. The Labute approximate surface area is 121 Å². The van der Waals surface area contributed by atoms with E-state index >= 15 is 0 Å². The standard InChI is InChI=1S/C17H26FNO/c1-13(11-19-10-6-9-17(2,3)12-19)16(20)14-7-4-5-8-15(14)18/h4-5,7-8,13,16,20H,6,9-12H2,1-3H3. The lowest BCUT2D eigenvalue weighted by Gasteiger charge is -2.39. The van der Waals surface area contributed by atoms with Gasteiger partial charge in [-0.05, 0) is 36.8 Å². The molecule has 0 spiro atoms. The van der Waals surface area contributed by atoms with Crippen LogP contribution in [0.15, 0.2) is 24.3 Å². The molecule has 0 aliphatic carbocycles. The van der Waals surface area contributed by atoms with Crippen molar-refractivity contribution < 1.29 is 9.50 Å². The first-order valence-corrected chi connectivity index (χ1v) is 7.54. The van der Waals surface area contributed by atoms with Crippen LogP contribution in [-0.2, 0) is 0 Å². The van der Waals surface area contributed by atoms with Gasteiger partial charge in [0.15, 0.2) is 0 Å². The molecule has 1 fully saturated rings. The molecule has 1 aliphatic heterocycles. The molecule has 0 saturated carbocycles. The van der Waals surface area contributed by atoms with Gasteiger partial charge < -0.3 is 10.0 Å². The van der Waals surface area contributed by atoms with Crippen LogP contribution in [0.5, 0.6) is 0 Å². The first-order valence-electron chi connectivity index (χ1n) is 7.54. The highest BCUT2D eigenvalue weighted by molar-refractivity contribution is 5.20. The largest absolute Gasteiger partial charge is 0.388 e. The van der Waals surface area contributed by atoms with Gasteiger partial charge in [-0.1, -0.05) is 39.0 Å². The Morgan fingerprint density at radius 2 is 2.05 bits per heavy atom. The van der Waals surface area contributed by atoms with Crippen LogP contribution in [0.3, 0.4) is 0 Å². The summed E-state index contributed by atoms with van der Waals surface area (Å²) in [5, 5.41) is 10.4. The second-order valence-corrected chi connectivity index (χ2v) is 6.95. The smallest absolute Gasteiger partial charge is 0.129 e. The Kier molecular flexibility index (Phi) is 4.82. The highest BCUT2D eigenvalue weighted by atomic mass is 19.1. The lowest BCUT2D eigenvalue weighted by molar-refractivity contribution is 0.0531. The highest BCUT2D eigenvalue weighted by Crippen LogP contribution is 2.31. The summed E-state index contributed by atoms with van der Waals surface area (Å²) in [5.74, 6) is -0.286. The molecule has 2 rings (SSSR count). The van der Waals surface area contributed by atoms with Gasteiger partial charge in [0.05, 0.1) is 6.10 Å². The zero-order valence-corrected chi connectivity index (χ0v) is 12.8. The van der Waals surface area contributed by atoms with E-state index in [-0.39, 0.29) is 11.7 Å². The molecule has 2 nitrogen and oxygen atoms in total. The second-order valence-electron chi connectivity index (χ2n) is 6.95. The highest BCUT2D eigenvalue weighted by Gasteiger charge is 2.29. The maximum absolute atomic E-state index is 13.7. The normalized spacial score (nSPS) is 22.4. The minimum atomic E-state index is -0.735.